The van der Waals surface area contributed by atoms with Gasteiger partial charge in [0.05, 0.1) is 12.6 Å². The number of Topliss-reactive ketones (excluding diaryl/α,β-unsaturated/α-hetero) is 1. The number of carbonyl (C=O) groups is 2. The van der Waals surface area contributed by atoms with Crippen molar-refractivity contribution < 1.29 is 14.3 Å². The van der Waals surface area contributed by atoms with E-state index >= 15 is 0 Å². The molecule has 1 aromatic rings. The van der Waals surface area contributed by atoms with Crippen LogP contribution >= 0.6 is 0 Å². The number of likely N-dealkylation sites (tertiary alicyclic amines) is 1. The second-order valence-electron chi connectivity index (χ2n) is 5.06. The summed E-state index contributed by atoms with van der Waals surface area (Å²) in [7, 11) is 0. The Balaban J connectivity index is 1.93. The number of nitrogens with zero attached hydrogens (tertiary/aromatic N) is 1. The molecule has 0 unspecified atom stereocenters. The van der Waals surface area contributed by atoms with Crippen LogP contribution in [0.5, 0.6) is 0 Å². The molecule has 0 spiro atoms. The largest absolute Gasteiger partial charge is 0.466 e. The summed E-state index contributed by atoms with van der Waals surface area (Å²) >= 11 is 0. The number of rotatable bonds is 6. The number of esters is 1. The summed E-state index contributed by atoms with van der Waals surface area (Å²) in [6.07, 6.45) is 1.74. The molecule has 4 heteroatoms. The summed E-state index contributed by atoms with van der Waals surface area (Å²) in [5, 5.41) is 0. The highest BCUT2D eigenvalue weighted by atomic mass is 16.5. The highest BCUT2D eigenvalue weighted by Gasteiger charge is 2.31. The van der Waals surface area contributed by atoms with Crippen LogP contribution in [0.2, 0.25) is 0 Å². The van der Waals surface area contributed by atoms with Gasteiger partial charge >= 0.3 is 5.97 Å². The zero-order valence-corrected chi connectivity index (χ0v) is 11.9. The second kappa shape index (κ2) is 7.20. The first-order chi connectivity index (χ1) is 9.70. The monoisotopic (exact) mass is 275 g/mol. The minimum absolute atomic E-state index is 0.0168. The average Bonchev–Trinajstić information content (AvgIpc) is 2.88. The summed E-state index contributed by atoms with van der Waals surface area (Å²) in [6.45, 7) is 3.75. The third-order valence-corrected chi connectivity index (χ3v) is 3.59. The number of hydrogen-bond acceptors (Lipinski definition) is 4. The van der Waals surface area contributed by atoms with Gasteiger partial charge in [0.2, 0.25) is 0 Å². The Labute approximate surface area is 119 Å². The van der Waals surface area contributed by atoms with Crippen molar-refractivity contribution in [1.82, 2.24) is 4.90 Å². The van der Waals surface area contributed by atoms with Gasteiger partial charge in [-0.25, -0.2) is 0 Å². The van der Waals surface area contributed by atoms with E-state index in [4.69, 9.17) is 4.74 Å². The maximum Gasteiger partial charge on any atom is 0.313 e. The average molecular weight is 275 g/mol. The molecule has 1 fully saturated rings. The highest BCUT2D eigenvalue weighted by molar-refractivity contribution is 5.98. The van der Waals surface area contributed by atoms with Crippen LogP contribution < -0.4 is 0 Å². The molecular formula is C16H21NO3. The Morgan fingerprint density at radius 3 is 2.75 bits per heavy atom. The first-order valence-electron chi connectivity index (χ1n) is 7.17. The van der Waals surface area contributed by atoms with E-state index < -0.39 is 5.97 Å². The number of benzene rings is 1. The lowest BCUT2D eigenvalue weighted by Crippen LogP contribution is -2.36. The molecule has 1 aliphatic rings. The van der Waals surface area contributed by atoms with Crippen LogP contribution in [0.4, 0.5) is 0 Å². The van der Waals surface area contributed by atoms with E-state index in [2.05, 4.69) is 17.0 Å². The summed E-state index contributed by atoms with van der Waals surface area (Å²) in [6, 6.07) is 9.97. The van der Waals surface area contributed by atoms with Crippen LogP contribution in [0.1, 0.15) is 31.7 Å². The third-order valence-electron chi connectivity index (χ3n) is 3.59. The molecule has 2 rings (SSSR count). The van der Waals surface area contributed by atoms with E-state index in [1.165, 1.54) is 5.56 Å². The molecule has 0 aromatic heterocycles. The molecule has 0 radical (unpaired) electrons. The van der Waals surface area contributed by atoms with E-state index in [1.54, 1.807) is 6.92 Å². The van der Waals surface area contributed by atoms with Crippen molar-refractivity contribution in [2.75, 3.05) is 13.2 Å². The zero-order valence-electron chi connectivity index (χ0n) is 11.9. The van der Waals surface area contributed by atoms with Crippen LogP contribution in [0.15, 0.2) is 30.3 Å². The lowest BCUT2D eigenvalue weighted by Gasteiger charge is -2.23. The third kappa shape index (κ3) is 3.90. The Morgan fingerprint density at radius 1 is 1.30 bits per heavy atom. The quantitative estimate of drug-likeness (QED) is 0.589. The van der Waals surface area contributed by atoms with Gasteiger partial charge in [-0.3, -0.25) is 14.5 Å². The fourth-order valence-corrected chi connectivity index (χ4v) is 2.67. The smallest absolute Gasteiger partial charge is 0.313 e. The SMILES string of the molecule is CCOC(=O)CC(=O)[C@H]1CCCN1Cc1ccccc1. The minimum atomic E-state index is -0.413. The fraction of sp³-hybridized carbons (Fsp3) is 0.500. The Kier molecular flexibility index (Phi) is 5.30. The van der Waals surface area contributed by atoms with Crippen molar-refractivity contribution in [3.05, 3.63) is 35.9 Å². The maximum absolute atomic E-state index is 12.2. The van der Waals surface area contributed by atoms with Gasteiger partial charge in [0.1, 0.15) is 6.42 Å². The van der Waals surface area contributed by atoms with E-state index in [9.17, 15) is 9.59 Å². The maximum atomic E-state index is 12.2. The molecule has 1 atom stereocenters. The van der Waals surface area contributed by atoms with Crippen LogP contribution in [-0.2, 0) is 20.9 Å². The molecule has 4 nitrogen and oxygen atoms in total. The molecule has 0 aliphatic carbocycles. The lowest BCUT2D eigenvalue weighted by atomic mass is 10.1. The van der Waals surface area contributed by atoms with Crippen molar-refractivity contribution in [1.29, 1.82) is 0 Å². The van der Waals surface area contributed by atoms with Gasteiger partial charge in [-0.15, -0.1) is 0 Å². The van der Waals surface area contributed by atoms with Gasteiger partial charge in [0, 0.05) is 6.54 Å². The molecule has 1 saturated heterocycles. The molecule has 0 bridgehead atoms. The normalized spacial score (nSPS) is 18.9. The standard InChI is InChI=1S/C16H21NO3/c1-2-20-16(19)11-15(18)14-9-6-10-17(14)12-13-7-4-3-5-8-13/h3-5,7-8,14H,2,6,9-12H2,1H3/t14-/m1/s1. The lowest BCUT2D eigenvalue weighted by molar-refractivity contribution is -0.146. The fourth-order valence-electron chi connectivity index (χ4n) is 2.67. The van der Waals surface area contributed by atoms with Crippen molar-refractivity contribution in [3.63, 3.8) is 0 Å². The summed E-state index contributed by atoms with van der Waals surface area (Å²) in [5.74, 6) is -0.430. The number of ether oxygens (including phenoxy) is 1. The molecule has 0 N–H and O–H groups in total. The summed E-state index contributed by atoms with van der Waals surface area (Å²) in [5.41, 5.74) is 1.20. The molecule has 1 aromatic carbocycles. The first kappa shape index (κ1) is 14.7. The van der Waals surface area contributed by atoms with Gasteiger partial charge in [-0.05, 0) is 31.9 Å². The van der Waals surface area contributed by atoms with Crippen molar-refractivity contribution in [2.24, 2.45) is 0 Å². The van der Waals surface area contributed by atoms with E-state index in [1.807, 2.05) is 18.2 Å². The molecule has 0 saturated carbocycles. The summed E-state index contributed by atoms with van der Waals surface area (Å²) < 4.78 is 4.85. The summed E-state index contributed by atoms with van der Waals surface area (Å²) in [4.78, 5) is 25.8. The topological polar surface area (TPSA) is 46.6 Å². The molecule has 1 heterocycles. The first-order valence-corrected chi connectivity index (χ1v) is 7.17. The number of carbonyl (C=O) groups excluding carboxylic acids is 2. The highest BCUT2D eigenvalue weighted by Crippen LogP contribution is 2.21. The van der Waals surface area contributed by atoms with Crippen molar-refractivity contribution in [2.45, 2.75) is 38.8 Å². The Hall–Kier alpha value is -1.68. The van der Waals surface area contributed by atoms with Gasteiger partial charge < -0.3 is 4.74 Å². The van der Waals surface area contributed by atoms with Gasteiger partial charge in [0.15, 0.2) is 5.78 Å². The van der Waals surface area contributed by atoms with Gasteiger partial charge in [-0.1, -0.05) is 30.3 Å². The molecule has 20 heavy (non-hydrogen) atoms. The van der Waals surface area contributed by atoms with Crippen LogP contribution in [-0.4, -0.2) is 35.8 Å². The molecule has 1 aliphatic heterocycles. The number of hydrogen-bond donors (Lipinski definition) is 0. The molecular weight excluding hydrogens is 254 g/mol. The molecule has 108 valence electrons. The second-order valence-corrected chi connectivity index (χ2v) is 5.06. The minimum Gasteiger partial charge on any atom is -0.466 e. The van der Waals surface area contributed by atoms with Gasteiger partial charge in [0.25, 0.3) is 0 Å². The molecule has 0 amide bonds. The van der Waals surface area contributed by atoms with E-state index in [0.29, 0.717) is 6.61 Å². The predicted molar refractivity (Wildman–Crippen MR) is 76.1 cm³/mol. The Bertz CT molecular complexity index is 458. The van der Waals surface area contributed by atoms with Crippen LogP contribution in [0.25, 0.3) is 0 Å². The zero-order chi connectivity index (χ0) is 14.4. The van der Waals surface area contributed by atoms with Gasteiger partial charge in [-0.2, -0.15) is 0 Å². The van der Waals surface area contributed by atoms with Crippen molar-refractivity contribution in [3.8, 4) is 0 Å². The van der Waals surface area contributed by atoms with E-state index in [-0.39, 0.29) is 18.2 Å². The number of ketones is 1. The van der Waals surface area contributed by atoms with Crippen LogP contribution in [0.3, 0.4) is 0 Å². The van der Waals surface area contributed by atoms with Crippen LogP contribution in [0, 0.1) is 0 Å². The van der Waals surface area contributed by atoms with E-state index in [0.717, 1.165) is 25.9 Å². The van der Waals surface area contributed by atoms with Crippen molar-refractivity contribution >= 4 is 11.8 Å². The predicted octanol–water partition coefficient (Wildman–Crippen LogP) is 2.17. The Morgan fingerprint density at radius 2 is 2.05 bits per heavy atom.